The zero-order valence-corrected chi connectivity index (χ0v) is 19.9. The summed E-state index contributed by atoms with van der Waals surface area (Å²) >= 11 is 11.9. The van der Waals surface area contributed by atoms with Gasteiger partial charge in [0.15, 0.2) is 0 Å². The fourth-order valence-electron chi connectivity index (χ4n) is 3.28. The molecule has 0 atom stereocenters. The summed E-state index contributed by atoms with van der Waals surface area (Å²) in [4.78, 5) is 21.5. The lowest BCUT2D eigenvalue weighted by molar-refractivity contribution is -0.117. The Morgan fingerprint density at radius 1 is 1.25 bits per heavy atom. The minimum absolute atomic E-state index is 0.150. The molecule has 0 bridgehead atoms. The number of aromatic nitrogens is 3. The first-order valence-electron chi connectivity index (χ1n) is 10.3. The molecule has 1 amide bonds. The number of benzene rings is 1. The van der Waals surface area contributed by atoms with Crippen LogP contribution in [-0.2, 0) is 11.3 Å². The molecule has 6 nitrogen and oxygen atoms in total. The van der Waals surface area contributed by atoms with Crippen molar-refractivity contribution >= 4 is 35.2 Å². The van der Waals surface area contributed by atoms with E-state index in [9.17, 15) is 4.79 Å². The molecule has 0 spiro atoms. The molecule has 0 unspecified atom stereocenters. The Labute approximate surface area is 198 Å². The SMILES string of the molecule is COc1cc(C=C(CCCCl)C(=O)NCc2cc(Cl)cnc2C)ccc1-n1cnc(C)c1. The number of aryl methyl sites for hydroxylation is 2. The lowest BCUT2D eigenvalue weighted by Crippen LogP contribution is -2.25. The highest BCUT2D eigenvalue weighted by atomic mass is 35.5. The van der Waals surface area contributed by atoms with Crippen LogP contribution in [0.1, 0.15) is 35.4 Å². The normalized spacial score (nSPS) is 11.5. The Hall–Kier alpha value is -2.83. The van der Waals surface area contributed by atoms with Gasteiger partial charge in [-0.3, -0.25) is 9.78 Å². The van der Waals surface area contributed by atoms with E-state index in [4.69, 9.17) is 27.9 Å². The molecule has 1 N–H and O–H groups in total. The molecule has 168 valence electrons. The molecule has 2 heterocycles. The van der Waals surface area contributed by atoms with Crippen LogP contribution in [0.3, 0.4) is 0 Å². The number of carbonyl (C=O) groups is 1. The number of alkyl halides is 1. The van der Waals surface area contributed by atoms with Gasteiger partial charge < -0.3 is 14.6 Å². The molecule has 0 saturated heterocycles. The monoisotopic (exact) mass is 472 g/mol. The molecule has 0 aliphatic carbocycles. The predicted molar refractivity (Wildman–Crippen MR) is 129 cm³/mol. The zero-order valence-electron chi connectivity index (χ0n) is 18.4. The quantitative estimate of drug-likeness (QED) is 0.340. The summed E-state index contributed by atoms with van der Waals surface area (Å²) in [5, 5.41) is 3.51. The summed E-state index contributed by atoms with van der Waals surface area (Å²) in [6.45, 7) is 4.17. The first-order valence-corrected chi connectivity index (χ1v) is 11.2. The topological polar surface area (TPSA) is 69.0 Å². The lowest BCUT2D eigenvalue weighted by Gasteiger charge is -2.12. The number of ether oxygens (including phenoxy) is 1. The van der Waals surface area contributed by atoms with Crippen molar-refractivity contribution in [2.75, 3.05) is 13.0 Å². The van der Waals surface area contributed by atoms with Gasteiger partial charge in [0.1, 0.15) is 5.75 Å². The van der Waals surface area contributed by atoms with Crippen molar-refractivity contribution in [3.8, 4) is 11.4 Å². The molecule has 0 saturated carbocycles. The molecule has 8 heteroatoms. The van der Waals surface area contributed by atoms with Gasteiger partial charge in [-0.2, -0.15) is 0 Å². The first-order chi connectivity index (χ1) is 15.4. The maximum Gasteiger partial charge on any atom is 0.247 e. The molecular weight excluding hydrogens is 447 g/mol. The Balaban J connectivity index is 1.83. The third-order valence-electron chi connectivity index (χ3n) is 5.00. The fourth-order valence-corrected chi connectivity index (χ4v) is 3.59. The number of carbonyl (C=O) groups excluding carboxylic acids is 1. The highest BCUT2D eigenvalue weighted by Gasteiger charge is 2.12. The number of rotatable bonds is 9. The van der Waals surface area contributed by atoms with Crippen molar-refractivity contribution in [2.24, 2.45) is 0 Å². The lowest BCUT2D eigenvalue weighted by atomic mass is 10.0. The molecule has 32 heavy (non-hydrogen) atoms. The molecule has 2 aromatic heterocycles. The van der Waals surface area contributed by atoms with Crippen LogP contribution in [0.15, 0.2) is 48.6 Å². The van der Waals surface area contributed by atoms with Crippen LogP contribution in [0.25, 0.3) is 11.8 Å². The van der Waals surface area contributed by atoms with Gasteiger partial charge in [-0.05, 0) is 62.1 Å². The van der Waals surface area contributed by atoms with Crippen molar-refractivity contribution in [1.29, 1.82) is 0 Å². The van der Waals surface area contributed by atoms with E-state index in [1.807, 2.05) is 55.0 Å². The maximum atomic E-state index is 12.9. The van der Waals surface area contributed by atoms with Gasteiger partial charge in [0, 0.05) is 36.1 Å². The van der Waals surface area contributed by atoms with Gasteiger partial charge in [-0.1, -0.05) is 17.7 Å². The fraction of sp³-hybridized carbons (Fsp3) is 0.292. The van der Waals surface area contributed by atoms with E-state index in [1.165, 1.54) is 0 Å². The second-order valence-corrected chi connectivity index (χ2v) is 8.21. The number of amides is 1. The predicted octanol–water partition coefficient (Wildman–Crippen LogP) is 5.26. The van der Waals surface area contributed by atoms with Crippen molar-refractivity contribution < 1.29 is 9.53 Å². The largest absolute Gasteiger partial charge is 0.495 e. The standard InChI is InChI=1S/C24H26Cl2N4O2/c1-16-14-30(15-29-16)22-7-6-18(10-23(22)32-3)9-19(5-4-8-25)24(31)28-12-20-11-21(26)13-27-17(20)2/h6-7,9-11,13-15H,4-5,8,12H2,1-3H3,(H,28,31). The summed E-state index contributed by atoms with van der Waals surface area (Å²) in [5.74, 6) is 1.01. The number of halogens is 2. The first kappa shape index (κ1) is 23.8. The van der Waals surface area contributed by atoms with Gasteiger partial charge in [0.2, 0.25) is 5.91 Å². The van der Waals surface area contributed by atoms with Gasteiger partial charge in [0.05, 0.1) is 29.8 Å². The highest BCUT2D eigenvalue weighted by molar-refractivity contribution is 6.30. The molecular formula is C24H26Cl2N4O2. The Morgan fingerprint density at radius 3 is 2.75 bits per heavy atom. The third-order valence-corrected chi connectivity index (χ3v) is 5.48. The van der Waals surface area contributed by atoms with Gasteiger partial charge in [0.25, 0.3) is 0 Å². The van der Waals surface area contributed by atoms with E-state index in [0.29, 0.717) is 41.6 Å². The molecule has 0 fully saturated rings. The number of pyridine rings is 1. The van der Waals surface area contributed by atoms with Crippen molar-refractivity contribution in [3.63, 3.8) is 0 Å². The van der Waals surface area contributed by atoms with Crippen molar-refractivity contribution in [1.82, 2.24) is 19.9 Å². The minimum Gasteiger partial charge on any atom is -0.495 e. The number of hydrogen-bond donors (Lipinski definition) is 1. The second-order valence-electron chi connectivity index (χ2n) is 7.40. The number of nitrogens with zero attached hydrogens (tertiary/aromatic N) is 3. The summed E-state index contributed by atoms with van der Waals surface area (Å²) < 4.78 is 7.49. The van der Waals surface area contributed by atoms with Crippen LogP contribution < -0.4 is 10.1 Å². The second kappa shape index (κ2) is 11.2. The zero-order chi connectivity index (χ0) is 23.1. The van der Waals surface area contributed by atoms with E-state index in [1.54, 1.807) is 19.6 Å². The van der Waals surface area contributed by atoms with E-state index < -0.39 is 0 Å². The summed E-state index contributed by atoms with van der Waals surface area (Å²) in [7, 11) is 1.62. The van der Waals surface area contributed by atoms with Crippen LogP contribution in [0.4, 0.5) is 0 Å². The molecule has 0 aliphatic heterocycles. The van der Waals surface area contributed by atoms with Crippen LogP contribution in [0, 0.1) is 13.8 Å². The molecule has 3 aromatic rings. The van der Waals surface area contributed by atoms with E-state index in [-0.39, 0.29) is 5.91 Å². The Morgan fingerprint density at radius 2 is 2.06 bits per heavy atom. The Kier molecular flexibility index (Phi) is 8.31. The van der Waals surface area contributed by atoms with E-state index >= 15 is 0 Å². The molecule has 1 aromatic carbocycles. The number of methoxy groups -OCH3 is 1. The van der Waals surface area contributed by atoms with Crippen LogP contribution in [0.2, 0.25) is 5.02 Å². The van der Waals surface area contributed by atoms with Crippen molar-refractivity contribution in [3.05, 3.63) is 76.1 Å². The number of nitrogens with one attached hydrogen (secondary N) is 1. The summed E-state index contributed by atoms with van der Waals surface area (Å²) in [6, 6.07) is 7.62. The third kappa shape index (κ3) is 6.11. The minimum atomic E-state index is -0.150. The molecule has 3 rings (SSSR count). The van der Waals surface area contributed by atoms with Crippen LogP contribution in [0.5, 0.6) is 5.75 Å². The molecule has 0 radical (unpaired) electrons. The smallest absolute Gasteiger partial charge is 0.247 e. The van der Waals surface area contributed by atoms with Gasteiger partial charge >= 0.3 is 0 Å². The van der Waals surface area contributed by atoms with Crippen LogP contribution >= 0.6 is 23.2 Å². The van der Waals surface area contributed by atoms with Crippen LogP contribution in [-0.4, -0.2) is 33.4 Å². The van der Waals surface area contributed by atoms with Crippen molar-refractivity contribution in [2.45, 2.75) is 33.2 Å². The maximum absolute atomic E-state index is 12.9. The van der Waals surface area contributed by atoms with Gasteiger partial charge in [-0.25, -0.2) is 4.98 Å². The van der Waals surface area contributed by atoms with E-state index in [0.717, 1.165) is 28.2 Å². The van der Waals surface area contributed by atoms with E-state index in [2.05, 4.69) is 15.3 Å². The average molecular weight is 473 g/mol. The highest BCUT2D eigenvalue weighted by Crippen LogP contribution is 2.26. The average Bonchev–Trinajstić information content (AvgIpc) is 3.22. The summed E-state index contributed by atoms with van der Waals surface area (Å²) in [5.41, 5.74) is 5.01. The summed E-state index contributed by atoms with van der Waals surface area (Å²) in [6.07, 6.45) is 8.40. The number of imidazole rings is 1. The molecule has 0 aliphatic rings. The number of hydrogen-bond acceptors (Lipinski definition) is 4. The van der Waals surface area contributed by atoms with Gasteiger partial charge in [-0.15, -0.1) is 11.6 Å². The Bertz CT molecular complexity index is 1120.